The minimum atomic E-state index is -1.17. The fourth-order valence-corrected chi connectivity index (χ4v) is 1.22. The van der Waals surface area contributed by atoms with E-state index in [2.05, 4.69) is 10.1 Å². The highest BCUT2D eigenvalue weighted by Crippen LogP contribution is 2.16. The lowest BCUT2D eigenvalue weighted by molar-refractivity contribution is 0.0698. The number of hydrogen-bond acceptors (Lipinski definition) is 4. The maximum atomic E-state index is 12.6. The summed E-state index contributed by atoms with van der Waals surface area (Å²) in [4.78, 5) is 14.1. The minimum Gasteiger partial charge on any atom is -0.477 e. The number of aromatic carboxylic acids is 1. The molecule has 0 fully saturated rings. The first-order chi connectivity index (χ1) is 7.59. The number of rotatable bonds is 2. The summed E-state index contributed by atoms with van der Waals surface area (Å²) in [6, 6.07) is 2.54. The number of anilines is 1. The van der Waals surface area contributed by atoms with Crippen molar-refractivity contribution in [1.29, 1.82) is 0 Å². The van der Waals surface area contributed by atoms with Crippen LogP contribution in [-0.2, 0) is 0 Å². The lowest BCUT2D eigenvalue weighted by atomic mass is 10.3. The summed E-state index contributed by atoms with van der Waals surface area (Å²) in [6.45, 7) is 0. The second-order valence-corrected chi connectivity index (χ2v) is 3.00. The number of aromatic nitrogens is 3. The molecule has 0 saturated heterocycles. The van der Waals surface area contributed by atoms with Crippen molar-refractivity contribution in [1.82, 2.24) is 14.8 Å². The Morgan fingerprint density at radius 1 is 1.44 bits per heavy atom. The van der Waals surface area contributed by atoms with E-state index in [1.807, 2.05) is 0 Å². The van der Waals surface area contributed by atoms with Crippen LogP contribution in [0.3, 0.4) is 0 Å². The van der Waals surface area contributed by atoms with Gasteiger partial charge in [-0.05, 0) is 12.1 Å². The number of pyridine rings is 1. The molecule has 0 saturated carbocycles. The van der Waals surface area contributed by atoms with Gasteiger partial charge < -0.3 is 10.8 Å². The maximum absolute atomic E-state index is 12.6. The van der Waals surface area contributed by atoms with E-state index >= 15 is 0 Å². The molecular formula is C9H7FN4O2. The molecule has 2 heterocycles. The smallest absolute Gasteiger partial charge is 0.341 e. The Labute approximate surface area is 89.1 Å². The first-order valence-corrected chi connectivity index (χ1v) is 4.28. The number of carbonyl (C=O) groups is 1. The summed E-state index contributed by atoms with van der Waals surface area (Å²) in [6.07, 6.45) is 2.34. The van der Waals surface area contributed by atoms with Crippen LogP contribution in [0.15, 0.2) is 24.5 Å². The van der Waals surface area contributed by atoms with E-state index in [9.17, 15) is 9.18 Å². The highest BCUT2D eigenvalue weighted by atomic mass is 19.1. The molecule has 2 aromatic rings. The summed E-state index contributed by atoms with van der Waals surface area (Å²) >= 11 is 0. The van der Waals surface area contributed by atoms with E-state index in [1.165, 1.54) is 16.9 Å². The Hall–Kier alpha value is -2.44. The molecule has 0 aliphatic carbocycles. The molecule has 0 radical (unpaired) electrons. The van der Waals surface area contributed by atoms with Crippen LogP contribution in [0.1, 0.15) is 10.4 Å². The lowest BCUT2D eigenvalue weighted by Gasteiger charge is -2.02. The highest BCUT2D eigenvalue weighted by Gasteiger charge is 2.14. The lowest BCUT2D eigenvalue weighted by Crippen LogP contribution is -2.06. The fraction of sp³-hybridized carbons (Fsp3) is 0. The Morgan fingerprint density at radius 2 is 2.19 bits per heavy atom. The van der Waals surface area contributed by atoms with E-state index < -0.39 is 11.9 Å². The molecule has 0 atom stereocenters. The number of carboxylic acids is 1. The van der Waals surface area contributed by atoms with Crippen LogP contribution >= 0.6 is 0 Å². The van der Waals surface area contributed by atoms with Gasteiger partial charge in [-0.2, -0.15) is 9.49 Å². The van der Waals surface area contributed by atoms with E-state index in [-0.39, 0.29) is 11.4 Å². The quantitative estimate of drug-likeness (QED) is 0.729. The van der Waals surface area contributed by atoms with E-state index in [4.69, 9.17) is 10.8 Å². The van der Waals surface area contributed by atoms with Gasteiger partial charge in [-0.25, -0.2) is 14.5 Å². The van der Waals surface area contributed by atoms with Crippen LogP contribution in [0.5, 0.6) is 0 Å². The molecule has 7 heteroatoms. The minimum absolute atomic E-state index is 0.0269. The molecular weight excluding hydrogens is 215 g/mol. The summed E-state index contributed by atoms with van der Waals surface area (Å²) in [5, 5.41) is 12.5. The van der Waals surface area contributed by atoms with Crippen molar-refractivity contribution in [3.8, 4) is 5.69 Å². The van der Waals surface area contributed by atoms with Crippen LogP contribution in [0.2, 0.25) is 0 Å². The average Bonchev–Trinajstić information content (AvgIpc) is 2.61. The molecule has 0 amide bonds. The van der Waals surface area contributed by atoms with Crippen molar-refractivity contribution < 1.29 is 14.3 Å². The van der Waals surface area contributed by atoms with E-state index in [0.717, 1.165) is 12.3 Å². The first-order valence-electron chi connectivity index (χ1n) is 4.28. The van der Waals surface area contributed by atoms with Crippen molar-refractivity contribution in [2.24, 2.45) is 0 Å². The monoisotopic (exact) mass is 222 g/mol. The molecule has 0 spiro atoms. The van der Waals surface area contributed by atoms with Gasteiger partial charge in [0.15, 0.2) is 0 Å². The van der Waals surface area contributed by atoms with Gasteiger partial charge in [0, 0.05) is 0 Å². The zero-order valence-electron chi connectivity index (χ0n) is 7.96. The summed E-state index contributed by atoms with van der Waals surface area (Å²) in [5.41, 5.74) is 5.86. The first kappa shape index (κ1) is 10.1. The highest BCUT2D eigenvalue weighted by molar-refractivity contribution is 5.92. The number of nitrogen functional groups attached to an aromatic ring is 1. The SMILES string of the molecule is Nc1c(C(=O)O)cnn1-c1ccc(F)nc1. The standard InChI is InChI=1S/C9H7FN4O2/c10-7-2-1-5(3-12-7)14-8(11)6(4-13-14)9(15)16/h1-4H,11H2,(H,15,16). The molecule has 16 heavy (non-hydrogen) atoms. The van der Waals surface area contributed by atoms with Gasteiger partial charge in [-0.15, -0.1) is 0 Å². The van der Waals surface area contributed by atoms with Crippen molar-refractivity contribution in [2.75, 3.05) is 5.73 Å². The van der Waals surface area contributed by atoms with Crippen LogP contribution in [-0.4, -0.2) is 25.8 Å². The fourth-order valence-electron chi connectivity index (χ4n) is 1.22. The van der Waals surface area contributed by atoms with Crippen molar-refractivity contribution in [3.63, 3.8) is 0 Å². The third-order valence-corrected chi connectivity index (χ3v) is 1.99. The number of nitrogens with zero attached hydrogens (tertiary/aromatic N) is 3. The summed E-state index contributed by atoms with van der Waals surface area (Å²) < 4.78 is 13.7. The molecule has 0 aliphatic heterocycles. The number of carboxylic acid groups (broad SMARTS) is 1. The Morgan fingerprint density at radius 3 is 2.69 bits per heavy atom. The van der Waals surface area contributed by atoms with Gasteiger partial charge in [0.25, 0.3) is 0 Å². The van der Waals surface area contributed by atoms with Crippen LogP contribution in [0.4, 0.5) is 10.2 Å². The van der Waals surface area contributed by atoms with Gasteiger partial charge in [-0.1, -0.05) is 0 Å². The Balaban J connectivity index is 2.49. The summed E-state index contributed by atoms with van der Waals surface area (Å²) in [7, 11) is 0. The van der Waals surface area contributed by atoms with Crippen LogP contribution in [0.25, 0.3) is 5.69 Å². The predicted octanol–water partition coefficient (Wildman–Crippen LogP) is 0.687. The Kier molecular flexibility index (Phi) is 2.28. The van der Waals surface area contributed by atoms with Gasteiger partial charge in [0.05, 0.1) is 18.1 Å². The number of nitrogens with two attached hydrogens (primary N) is 1. The predicted molar refractivity (Wildman–Crippen MR) is 52.7 cm³/mol. The second kappa shape index (κ2) is 3.61. The maximum Gasteiger partial charge on any atom is 0.341 e. The molecule has 0 bridgehead atoms. The molecule has 3 N–H and O–H groups in total. The van der Waals surface area contributed by atoms with Crippen molar-refractivity contribution in [3.05, 3.63) is 36.0 Å². The average molecular weight is 222 g/mol. The van der Waals surface area contributed by atoms with Crippen LogP contribution < -0.4 is 5.73 Å². The van der Waals surface area contributed by atoms with Gasteiger partial charge in [-0.3, -0.25) is 0 Å². The third kappa shape index (κ3) is 1.58. The van der Waals surface area contributed by atoms with E-state index in [0.29, 0.717) is 5.69 Å². The zero-order valence-corrected chi connectivity index (χ0v) is 7.96. The number of hydrogen-bond donors (Lipinski definition) is 2. The molecule has 0 aromatic carbocycles. The van der Waals surface area contributed by atoms with E-state index in [1.54, 1.807) is 0 Å². The Bertz CT molecular complexity index is 535. The zero-order chi connectivity index (χ0) is 11.7. The molecule has 0 unspecified atom stereocenters. The number of halogens is 1. The largest absolute Gasteiger partial charge is 0.477 e. The van der Waals surface area contributed by atoms with Gasteiger partial charge >= 0.3 is 5.97 Å². The topological polar surface area (TPSA) is 94.0 Å². The second-order valence-electron chi connectivity index (χ2n) is 3.00. The molecule has 6 nitrogen and oxygen atoms in total. The van der Waals surface area contributed by atoms with Crippen molar-refractivity contribution in [2.45, 2.75) is 0 Å². The van der Waals surface area contributed by atoms with Gasteiger partial charge in [0.1, 0.15) is 11.4 Å². The summed E-state index contributed by atoms with van der Waals surface area (Å²) in [5.74, 6) is -1.83. The normalized spacial score (nSPS) is 10.3. The van der Waals surface area contributed by atoms with Crippen molar-refractivity contribution >= 4 is 11.8 Å². The molecule has 82 valence electrons. The molecule has 2 rings (SSSR count). The third-order valence-electron chi connectivity index (χ3n) is 1.99. The molecule has 0 aliphatic rings. The molecule has 2 aromatic heterocycles. The van der Waals surface area contributed by atoms with Crippen LogP contribution in [0, 0.1) is 5.95 Å². The van der Waals surface area contributed by atoms with Gasteiger partial charge in [0.2, 0.25) is 5.95 Å².